The van der Waals surface area contributed by atoms with E-state index in [9.17, 15) is 14.4 Å². The van der Waals surface area contributed by atoms with Gasteiger partial charge in [0.25, 0.3) is 11.8 Å². The zero-order chi connectivity index (χ0) is 22.8. The molecule has 1 heterocycles. The second kappa shape index (κ2) is 8.89. The van der Waals surface area contributed by atoms with Gasteiger partial charge in [0.05, 0.1) is 5.69 Å². The first-order valence-corrected chi connectivity index (χ1v) is 11.3. The Bertz CT molecular complexity index is 856. The maximum Gasteiger partial charge on any atom is 0.271 e. The summed E-state index contributed by atoms with van der Waals surface area (Å²) in [6.07, 6.45) is 6.17. The average molecular weight is 430 g/mol. The number of nitrogens with zero attached hydrogens (tertiary/aromatic N) is 1. The number of carbonyl (C=O) groups excluding carboxylic acids is 3. The number of nitrogens with one attached hydrogen (secondary N) is 2. The van der Waals surface area contributed by atoms with Gasteiger partial charge in [0.15, 0.2) is 5.60 Å². The summed E-state index contributed by atoms with van der Waals surface area (Å²) < 4.78 is 5.90. The zero-order valence-corrected chi connectivity index (χ0v) is 19.3. The second-order valence-electron chi connectivity index (χ2n) is 9.78. The zero-order valence-electron chi connectivity index (χ0n) is 19.3. The molecule has 1 aromatic carbocycles. The van der Waals surface area contributed by atoms with Crippen LogP contribution < -0.4 is 20.3 Å². The Kier molecular flexibility index (Phi) is 6.62. The van der Waals surface area contributed by atoms with E-state index in [1.165, 1.54) is 11.3 Å². The minimum absolute atomic E-state index is 0.0966. The summed E-state index contributed by atoms with van der Waals surface area (Å²) in [5.74, 6) is -0.226. The van der Waals surface area contributed by atoms with Gasteiger partial charge in [-0.15, -0.1) is 0 Å². The van der Waals surface area contributed by atoms with Crippen LogP contribution in [-0.4, -0.2) is 41.4 Å². The van der Waals surface area contributed by atoms with E-state index in [0.29, 0.717) is 17.0 Å². The largest absolute Gasteiger partial charge is 0.476 e. The summed E-state index contributed by atoms with van der Waals surface area (Å²) in [7, 11) is 0. The molecular weight excluding hydrogens is 394 g/mol. The smallest absolute Gasteiger partial charge is 0.271 e. The molecule has 3 rings (SSSR count). The average Bonchev–Trinajstić information content (AvgIpc) is 2.71. The normalized spacial score (nSPS) is 18.7. The Morgan fingerprint density at radius 1 is 1.19 bits per heavy atom. The third-order valence-corrected chi connectivity index (χ3v) is 6.25. The highest BCUT2D eigenvalue weighted by Gasteiger charge is 2.42. The molecule has 0 unspecified atom stereocenters. The summed E-state index contributed by atoms with van der Waals surface area (Å²) >= 11 is 0. The Morgan fingerprint density at radius 2 is 1.87 bits per heavy atom. The lowest BCUT2D eigenvalue weighted by molar-refractivity contribution is -0.134. The van der Waals surface area contributed by atoms with Crippen molar-refractivity contribution in [3.63, 3.8) is 0 Å². The first-order chi connectivity index (χ1) is 14.5. The summed E-state index contributed by atoms with van der Waals surface area (Å²) in [4.78, 5) is 40.1. The summed E-state index contributed by atoms with van der Waals surface area (Å²) in [5.41, 5.74) is -0.563. The van der Waals surface area contributed by atoms with Crippen LogP contribution in [0.3, 0.4) is 0 Å². The molecule has 170 valence electrons. The Hall–Kier alpha value is -2.57. The van der Waals surface area contributed by atoms with E-state index < -0.39 is 5.60 Å². The Balaban J connectivity index is 1.84. The number of carbonyl (C=O) groups is 3. The van der Waals surface area contributed by atoms with Crippen molar-refractivity contribution >= 4 is 23.4 Å². The van der Waals surface area contributed by atoms with Crippen molar-refractivity contribution in [1.82, 2.24) is 10.6 Å². The highest BCUT2D eigenvalue weighted by Crippen LogP contribution is 2.38. The lowest BCUT2D eigenvalue weighted by Gasteiger charge is -2.39. The van der Waals surface area contributed by atoms with Gasteiger partial charge >= 0.3 is 0 Å². The first kappa shape index (κ1) is 23.1. The number of amides is 3. The minimum Gasteiger partial charge on any atom is -0.476 e. The van der Waals surface area contributed by atoms with Crippen molar-refractivity contribution in [2.75, 3.05) is 11.4 Å². The number of hydrogen-bond donors (Lipinski definition) is 2. The topological polar surface area (TPSA) is 87.7 Å². The molecule has 1 aromatic rings. The Morgan fingerprint density at radius 3 is 2.52 bits per heavy atom. The van der Waals surface area contributed by atoms with Crippen molar-refractivity contribution in [3.05, 3.63) is 23.8 Å². The van der Waals surface area contributed by atoms with E-state index in [-0.39, 0.29) is 35.8 Å². The molecule has 2 N–H and O–H groups in total. The van der Waals surface area contributed by atoms with Crippen LogP contribution in [0.2, 0.25) is 0 Å². The lowest BCUT2D eigenvalue weighted by atomic mass is 9.95. The van der Waals surface area contributed by atoms with Gasteiger partial charge < -0.3 is 15.4 Å². The molecule has 0 atom stereocenters. The molecule has 7 nitrogen and oxygen atoms in total. The lowest BCUT2D eigenvalue weighted by Crippen LogP contribution is -2.55. The summed E-state index contributed by atoms with van der Waals surface area (Å²) in [6, 6.07) is 5.19. The van der Waals surface area contributed by atoms with Crippen molar-refractivity contribution < 1.29 is 19.1 Å². The van der Waals surface area contributed by atoms with Crippen molar-refractivity contribution in [1.29, 1.82) is 0 Å². The van der Waals surface area contributed by atoms with Gasteiger partial charge in [-0.2, -0.15) is 0 Å². The Labute approximate surface area is 184 Å². The molecular formula is C24H35N3O4. The molecule has 0 saturated heterocycles. The maximum absolute atomic E-state index is 13.1. The van der Waals surface area contributed by atoms with E-state index >= 15 is 0 Å². The van der Waals surface area contributed by atoms with Gasteiger partial charge in [-0.1, -0.05) is 26.2 Å². The number of ether oxygens (including phenoxy) is 1. The van der Waals surface area contributed by atoms with Gasteiger partial charge in [-0.05, 0) is 65.2 Å². The van der Waals surface area contributed by atoms with E-state index in [1.807, 2.05) is 20.8 Å². The fourth-order valence-corrected chi connectivity index (χ4v) is 4.00. The van der Waals surface area contributed by atoms with Crippen molar-refractivity contribution in [3.8, 4) is 5.75 Å². The molecule has 31 heavy (non-hydrogen) atoms. The number of fused-ring (bicyclic) bond motifs is 1. The highest BCUT2D eigenvalue weighted by atomic mass is 16.5. The van der Waals surface area contributed by atoms with Crippen LogP contribution >= 0.6 is 0 Å². The van der Waals surface area contributed by atoms with Gasteiger partial charge in [-0.3, -0.25) is 19.3 Å². The van der Waals surface area contributed by atoms with Crippen LogP contribution in [0.5, 0.6) is 5.75 Å². The van der Waals surface area contributed by atoms with E-state index in [4.69, 9.17) is 4.74 Å². The molecule has 1 fully saturated rings. The van der Waals surface area contributed by atoms with Crippen LogP contribution in [0.15, 0.2) is 18.2 Å². The van der Waals surface area contributed by atoms with Gasteiger partial charge in [0.1, 0.15) is 12.3 Å². The highest BCUT2D eigenvalue weighted by molar-refractivity contribution is 6.07. The van der Waals surface area contributed by atoms with E-state index in [2.05, 4.69) is 10.6 Å². The summed E-state index contributed by atoms with van der Waals surface area (Å²) in [6.45, 7) is 9.21. The molecule has 3 amide bonds. The van der Waals surface area contributed by atoms with E-state index in [1.54, 1.807) is 32.0 Å². The van der Waals surface area contributed by atoms with E-state index in [0.717, 1.165) is 32.1 Å². The third-order valence-electron chi connectivity index (χ3n) is 6.25. The molecule has 7 heteroatoms. The standard InChI is InChI=1S/C24H35N3O4/c1-6-23(2,3)26-21(29)16-12-13-19-18(14-16)27(22(30)24(4,5)31-19)15-20(28)25-17-10-8-7-9-11-17/h12-14,17H,6-11,15H2,1-5H3,(H,25,28)(H,26,29). The predicted molar refractivity (Wildman–Crippen MR) is 120 cm³/mol. The van der Waals surface area contributed by atoms with Gasteiger partial charge in [-0.25, -0.2) is 0 Å². The molecule has 0 bridgehead atoms. The molecule has 0 spiro atoms. The number of hydrogen-bond acceptors (Lipinski definition) is 4. The SMILES string of the molecule is CCC(C)(C)NC(=O)c1ccc2c(c1)N(CC(=O)NC1CCCCC1)C(=O)C(C)(C)O2. The van der Waals surface area contributed by atoms with Crippen LogP contribution in [-0.2, 0) is 9.59 Å². The fourth-order valence-electron chi connectivity index (χ4n) is 4.00. The van der Waals surface area contributed by atoms with Gasteiger partial charge in [0, 0.05) is 17.1 Å². The number of benzene rings is 1. The van der Waals surface area contributed by atoms with Crippen molar-refractivity contribution in [2.24, 2.45) is 0 Å². The monoisotopic (exact) mass is 429 g/mol. The number of rotatable bonds is 6. The summed E-state index contributed by atoms with van der Waals surface area (Å²) in [5, 5.41) is 6.07. The third kappa shape index (κ3) is 5.38. The molecule has 0 aromatic heterocycles. The predicted octanol–water partition coefficient (Wildman–Crippen LogP) is 3.56. The quantitative estimate of drug-likeness (QED) is 0.724. The fraction of sp³-hybridized carbons (Fsp3) is 0.625. The minimum atomic E-state index is -1.09. The molecule has 1 saturated carbocycles. The van der Waals surface area contributed by atoms with Crippen LogP contribution in [0, 0.1) is 0 Å². The second-order valence-corrected chi connectivity index (χ2v) is 9.78. The number of anilines is 1. The molecule has 0 radical (unpaired) electrons. The van der Waals surface area contributed by atoms with Crippen LogP contribution in [0.1, 0.15) is 83.5 Å². The first-order valence-electron chi connectivity index (χ1n) is 11.3. The van der Waals surface area contributed by atoms with Crippen molar-refractivity contribution in [2.45, 2.75) is 90.3 Å². The molecule has 1 aliphatic carbocycles. The van der Waals surface area contributed by atoms with Gasteiger partial charge in [0.2, 0.25) is 5.91 Å². The molecule has 1 aliphatic heterocycles. The molecule has 2 aliphatic rings. The maximum atomic E-state index is 13.1. The van der Waals surface area contributed by atoms with Crippen LogP contribution in [0.25, 0.3) is 0 Å². The van der Waals surface area contributed by atoms with Crippen LogP contribution in [0.4, 0.5) is 5.69 Å².